The fourth-order valence-corrected chi connectivity index (χ4v) is 2.98. The van der Waals surface area contributed by atoms with E-state index in [1.54, 1.807) is 30.3 Å². The second-order valence-electron chi connectivity index (χ2n) is 6.21. The molecule has 0 bridgehead atoms. The number of hydrogen-bond acceptors (Lipinski definition) is 3. The van der Waals surface area contributed by atoms with Crippen LogP contribution < -0.4 is 16.1 Å². The molecule has 29 heavy (non-hydrogen) atoms. The SMILES string of the molecule is O=c1c2cc(F)c(F)cc2n(-c2ccccc2F)c(=O)n1OCc1ccccc1. The Bertz CT molecular complexity index is 1330. The van der Waals surface area contributed by atoms with Crippen molar-refractivity contribution in [2.75, 3.05) is 0 Å². The summed E-state index contributed by atoms with van der Waals surface area (Å²) in [6.07, 6.45) is 0. The highest BCUT2D eigenvalue weighted by Crippen LogP contribution is 2.19. The Kier molecular flexibility index (Phi) is 4.67. The summed E-state index contributed by atoms with van der Waals surface area (Å²) in [5, 5.41) is -0.334. The highest BCUT2D eigenvalue weighted by Gasteiger charge is 2.20. The maximum Gasteiger partial charge on any atom is 0.369 e. The predicted octanol–water partition coefficient (Wildman–Crippen LogP) is 3.20. The Balaban J connectivity index is 2.00. The number of benzene rings is 3. The van der Waals surface area contributed by atoms with E-state index in [-0.39, 0.29) is 23.2 Å². The van der Waals surface area contributed by atoms with E-state index in [0.29, 0.717) is 22.4 Å². The normalized spacial score (nSPS) is 11.0. The van der Waals surface area contributed by atoms with Gasteiger partial charge in [-0.25, -0.2) is 18.0 Å². The van der Waals surface area contributed by atoms with E-state index in [1.165, 1.54) is 18.2 Å². The van der Waals surface area contributed by atoms with Crippen molar-refractivity contribution in [2.24, 2.45) is 0 Å². The molecule has 146 valence electrons. The number of hydrogen-bond donors (Lipinski definition) is 0. The van der Waals surface area contributed by atoms with Gasteiger partial charge in [0.25, 0.3) is 5.56 Å². The molecule has 0 fully saturated rings. The molecule has 0 spiro atoms. The van der Waals surface area contributed by atoms with Gasteiger partial charge in [-0.1, -0.05) is 47.2 Å². The zero-order chi connectivity index (χ0) is 20.5. The van der Waals surface area contributed by atoms with Crippen LogP contribution in [0.15, 0.2) is 76.3 Å². The fraction of sp³-hybridized carbons (Fsp3) is 0.0476. The van der Waals surface area contributed by atoms with Gasteiger partial charge in [-0.15, -0.1) is 0 Å². The second kappa shape index (κ2) is 7.31. The topological polar surface area (TPSA) is 53.2 Å². The van der Waals surface area contributed by atoms with E-state index < -0.39 is 28.7 Å². The molecule has 0 saturated carbocycles. The highest BCUT2D eigenvalue weighted by atomic mass is 19.2. The first kappa shape index (κ1) is 18.5. The first-order chi connectivity index (χ1) is 14.0. The molecule has 0 aliphatic heterocycles. The Morgan fingerprint density at radius 2 is 1.45 bits per heavy atom. The molecule has 1 heterocycles. The van der Waals surface area contributed by atoms with Crippen molar-refractivity contribution in [3.63, 3.8) is 0 Å². The van der Waals surface area contributed by atoms with Crippen LogP contribution >= 0.6 is 0 Å². The number of fused-ring (bicyclic) bond motifs is 1. The van der Waals surface area contributed by atoms with Crippen molar-refractivity contribution in [2.45, 2.75) is 6.61 Å². The molecule has 8 heteroatoms. The lowest BCUT2D eigenvalue weighted by Gasteiger charge is -2.15. The largest absolute Gasteiger partial charge is 0.401 e. The van der Waals surface area contributed by atoms with E-state index in [1.807, 2.05) is 0 Å². The van der Waals surface area contributed by atoms with Gasteiger partial charge in [0.05, 0.1) is 16.6 Å². The molecule has 0 aliphatic rings. The van der Waals surface area contributed by atoms with Crippen LogP contribution in [0.5, 0.6) is 0 Å². The summed E-state index contributed by atoms with van der Waals surface area (Å²) in [4.78, 5) is 31.1. The monoisotopic (exact) mass is 398 g/mol. The van der Waals surface area contributed by atoms with Crippen molar-refractivity contribution in [1.82, 2.24) is 9.30 Å². The van der Waals surface area contributed by atoms with E-state index in [0.717, 1.165) is 10.6 Å². The summed E-state index contributed by atoms with van der Waals surface area (Å²) in [6.45, 7) is -0.136. The first-order valence-corrected chi connectivity index (χ1v) is 8.56. The Labute approximate surface area is 161 Å². The molecule has 0 radical (unpaired) electrons. The molecule has 0 unspecified atom stereocenters. The Hall–Kier alpha value is -3.81. The second-order valence-corrected chi connectivity index (χ2v) is 6.21. The lowest BCUT2D eigenvalue weighted by molar-refractivity contribution is 0.0789. The Morgan fingerprint density at radius 1 is 0.793 bits per heavy atom. The van der Waals surface area contributed by atoms with Gasteiger partial charge in [-0.05, 0) is 23.8 Å². The van der Waals surface area contributed by atoms with Crippen molar-refractivity contribution >= 4 is 10.9 Å². The van der Waals surface area contributed by atoms with Gasteiger partial charge in [0.1, 0.15) is 12.4 Å². The molecule has 0 saturated heterocycles. The van der Waals surface area contributed by atoms with E-state index >= 15 is 0 Å². The van der Waals surface area contributed by atoms with Crippen molar-refractivity contribution in [3.05, 3.63) is 111 Å². The lowest BCUT2D eigenvalue weighted by Crippen LogP contribution is -2.43. The number of aromatic nitrogens is 2. The molecule has 1 aromatic heterocycles. The number of nitrogens with zero attached hydrogens (tertiary/aromatic N) is 2. The third kappa shape index (κ3) is 3.29. The molecule has 0 N–H and O–H groups in total. The molecule has 0 aliphatic carbocycles. The van der Waals surface area contributed by atoms with Gasteiger partial charge in [-0.2, -0.15) is 0 Å². The average Bonchev–Trinajstić information content (AvgIpc) is 2.72. The summed E-state index contributed by atoms with van der Waals surface area (Å²) in [6, 6.07) is 15.3. The van der Waals surface area contributed by atoms with Gasteiger partial charge < -0.3 is 4.84 Å². The van der Waals surface area contributed by atoms with Gasteiger partial charge in [0.15, 0.2) is 11.6 Å². The minimum atomic E-state index is -1.28. The van der Waals surface area contributed by atoms with Crippen LogP contribution in [0.3, 0.4) is 0 Å². The minimum Gasteiger partial charge on any atom is -0.401 e. The van der Waals surface area contributed by atoms with Crippen LogP contribution in [0.4, 0.5) is 13.2 Å². The summed E-state index contributed by atoms with van der Waals surface area (Å²) in [7, 11) is 0. The minimum absolute atomic E-state index is 0.136. The van der Waals surface area contributed by atoms with Gasteiger partial charge in [0.2, 0.25) is 0 Å². The van der Waals surface area contributed by atoms with Gasteiger partial charge in [-0.3, -0.25) is 9.36 Å². The van der Waals surface area contributed by atoms with Crippen LogP contribution in [-0.4, -0.2) is 9.30 Å². The fourth-order valence-electron chi connectivity index (χ4n) is 2.98. The molecule has 0 atom stereocenters. The molecule has 5 nitrogen and oxygen atoms in total. The molecule has 4 rings (SSSR count). The van der Waals surface area contributed by atoms with Crippen LogP contribution in [0.25, 0.3) is 16.6 Å². The maximum absolute atomic E-state index is 14.4. The Morgan fingerprint density at radius 3 is 2.17 bits per heavy atom. The van der Waals surface area contributed by atoms with Crippen molar-refractivity contribution in [1.29, 1.82) is 0 Å². The summed E-state index contributed by atoms with van der Waals surface area (Å²) in [5.74, 6) is -3.33. The van der Waals surface area contributed by atoms with E-state index in [2.05, 4.69) is 0 Å². The van der Waals surface area contributed by atoms with Crippen molar-refractivity contribution in [3.8, 4) is 5.69 Å². The number of halogens is 3. The zero-order valence-electron chi connectivity index (χ0n) is 14.8. The third-order valence-electron chi connectivity index (χ3n) is 4.36. The molecular weight excluding hydrogens is 385 g/mol. The zero-order valence-corrected chi connectivity index (χ0v) is 14.8. The van der Waals surface area contributed by atoms with Crippen LogP contribution in [0, 0.1) is 17.5 Å². The lowest BCUT2D eigenvalue weighted by atomic mass is 10.2. The predicted molar refractivity (Wildman–Crippen MR) is 100 cm³/mol. The quantitative estimate of drug-likeness (QED) is 0.531. The smallest absolute Gasteiger partial charge is 0.369 e. The average molecular weight is 398 g/mol. The molecular formula is C21H13F3N2O3. The summed E-state index contributed by atoms with van der Waals surface area (Å²) >= 11 is 0. The van der Waals surface area contributed by atoms with E-state index in [4.69, 9.17) is 4.84 Å². The van der Waals surface area contributed by atoms with Crippen LogP contribution in [0.1, 0.15) is 5.56 Å². The molecule has 3 aromatic carbocycles. The van der Waals surface area contributed by atoms with E-state index in [9.17, 15) is 22.8 Å². The number of para-hydroxylation sites is 1. The van der Waals surface area contributed by atoms with Gasteiger partial charge in [0, 0.05) is 6.07 Å². The molecule has 0 amide bonds. The van der Waals surface area contributed by atoms with Crippen LogP contribution in [0.2, 0.25) is 0 Å². The standard InChI is InChI=1S/C21H13F3N2O3/c22-15-8-4-5-9-18(15)25-19-11-17(24)16(23)10-14(19)20(27)26(21(25)28)29-12-13-6-2-1-3-7-13/h1-11H,12H2. The summed E-state index contributed by atoms with van der Waals surface area (Å²) < 4.78 is 43.2. The molecule has 4 aromatic rings. The van der Waals surface area contributed by atoms with Crippen molar-refractivity contribution < 1.29 is 18.0 Å². The maximum atomic E-state index is 14.4. The van der Waals surface area contributed by atoms with Crippen LogP contribution in [-0.2, 0) is 6.61 Å². The van der Waals surface area contributed by atoms with Gasteiger partial charge >= 0.3 is 5.69 Å². The first-order valence-electron chi connectivity index (χ1n) is 8.56. The highest BCUT2D eigenvalue weighted by molar-refractivity contribution is 5.80. The summed E-state index contributed by atoms with van der Waals surface area (Å²) in [5.41, 5.74) is -1.86. The third-order valence-corrected chi connectivity index (χ3v) is 4.36. The number of rotatable bonds is 4.